The molecule has 2 aliphatic carbocycles. The van der Waals surface area contributed by atoms with Gasteiger partial charge in [-0.25, -0.2) is 0 Å². The lowest BCUT2D eigenvalue weighted by Crippen LogP contribution is -2.36. The van der Waals surface area contributed by atoms with Crippen LogP contribution in [0.2, 0.25) is 0 Å². The van der Waals surface area contributed by atoms with Crippen LogP contribution in [0, 0.1) is 23.7 Å². The van der Waals surface area contributed by atoms with Gasteiger partial charge >= 0.3 is 0 Å². The molecule has 1 aliphatic heterocycles. The number of rotatable bonds is 4. The van der Waals surface area contributed by atoms with Gasteiger partial charge in [0.25, 0.3) is 0 Å². The molecule has 0 aromatic rings. The van der Waals surface area contributed by atoms with Crippen molar-refractivity contribution in [3.63, 3.8) is 0 Å². The van der Waals surface area contributed by atoms with E-state index in [9.17, 15) is 0 Å². The highest BCUT2D eigenvalue weighted by atomic mass is 32.2. The van der Waals surface area contributed by atoms with Gasteiger partial charge in [0, 0.05) is 11.8 Å². The van der Waals surface area contributed by atoms with Gasteiger partial charge in [0.2, 0.25) is 0 Å². The predicted octanol–water partition coefficient (Wildman–Crippen LogP) is 3.15. The van der Waals surface area contributed by atoms with Crippen molar-refractivity contribution in [1.29, 1.82) is 0 Å². The Labute approximate surface area is 104 Å². The van der Waals surface area contributed by atoms with E-state index in [0.717, 1.165) is 36.3 Å². The van der Waals surface area contributed by atoms with E-state index in [1.165, 1.54) is 17.9 Å². The Morgan fingerprint density at radius 1 is 1.12 bits per heavy atom. The molecule has 0 aromatic carbocycles. The normalized spacial score (nSPS) is 46.7. The third-order valence-corrected chi connectivity index (χ3v) is 6.41. The number of nitrogens with one attached hydrogen (secondary N) is 1. The lowest BCUT2D eigenvalue weighted by atomic mass is 9.81. The van der Waals surface area contributed by atoms with Gasteiger partial charge in [0.15, 0.2) is 0 Å². The number of fused-ring (bicyclic) bond motifs is 2. The van der Waals surface area contributed by atoms with Crippen molar-refractivity contribution in [3.05, 3.63) is 0 Å². The number of thioether (sulfide) groups is 1. The van der Waals surface area contributed by atoms with E-state index in [1.807, 2.05) is 0 Å². The Morgan fingerprint density at radius 2 is 2.06 bits per heavy atom. The summed E-state index contributed by atoms with van der Waals surface area (Å²) < 4.78 is 0. The summed E-state index contributed by atoms with van der Waals surface area (Å²) in [6.45, 7) is 3.40. The van der Waals surface area contributed by atoms with Crippen LogP contribution in [0.1, 0.15) is 39.0 Å². The zero-order chi connectivity index (χ0) is 11.0. The van der Waals surface area contributed by atoms with Gasteiger partial charge in [0.1, 0.15) is 0 Å². The number of hydrogen-bond acceptors (Lipinski definition) is 2. The zero-order valence-electron chi connectivity index (χ0n) is 10.5. The Balaban J connectivity index is 1.54. The fourth-order valence-electron chi connectivity index (χ4n) is 4.37. The fourth-order valence-corrected chi connectivity index (χ4v) is 5.82. The van der Waals surface area contributed by atoms with Crippen LogP contribution in [0.15, 0.2) is 0 Å². The van der Waals surface area contributed by atoms with Gasteiger partial charge in [-0.2, -0.15) is 11.8 Å². The first-order valence-electron chi connectivity index (χ1n) is 7.18. The molecule has 1 saturated heterocycles. The minimum Gasteiger partial charge on any atom is -0.313 e. The molecule has 5 unspecified atom stereocenters. The summed E-state index contributed by atoms with van der Waals surface area (Å²) in [7, 11) is 0. The van der Waals surface area contributed by atoms with E-state index in [4.69, 9.17) is 0 Å². The molecular formula is C14H25NS. The van der Waals surface area contributed by atoms with Crippen molar-refractivity contribution < 1.29 is 0 Å². The molecule has 5 atom stereocenters. The van der Waals surface area contributed by atoms with Gasteiger partial charge in [-0.15, -0.1) is 0 Å². The Bertz CT molecular complexity index is 243. The van der Waals surface area contributed by atoms with E-state index >= 15 is 0 Å². The molecule has 0 radical (unpaired) electrons. The molecule has 0 spiro atoms. The van der Waals surface area contributed by atoms with E-state index in [2.05, 4.69) is 24.0 Å². The van der Waals surface area contributed by atoms with Gasteiger partial charge in [-0.1, -0.05) is 13.3 Å². The molecule has 16 heavy (non-hydrogen) atoms. The third-order valence-electron chi connectivity index (χ3n) is 5.15. The van der Waals surface area contributed by atoms with Crippen LogP contribution in [0.4, 0.5) is 0 Å². The lowest BCUT2D eigenvalue weighted by molar-refractivity contribution is 0.257. The van der Waals surface area contributed by atoms with Crippen LogP contribution in [0.5, 0.6) is 0 Å². The summed E-state index contributed by atoms with van der Waals surface area (Å²) in [6.07, 6.45) is 7.80. The summed E-state index contributed by atoms with van der Waals surface area (Å²) in [5, 5.41) is 3.69. The molecule has 2 saturated carbocycles. The summed E-state index contributed by atoms with van der Waals surface area (Å²) in [4.78, 5) is 0. The first-order valence-corrected chi connectivity index (χ1v) is 8.33. The standard InChI is InChI=1S/C14H25NS/c1-2-15-14-9-16-8-13(14)7-12-6-10-3-4-11(12)5-10/h10-15H,2-9H2,1H3. The molecule has 2 bridgehead atoms. The first-order chi connectivity index (χ1) is 7.86. The van der Waals surface area contributed by atoms with Crippen LogP contribution in [0.3, 0.4) is 0 Å². The number of hydrogen-bond donors (Lipinski definition) is 1. The topological polar surface area (TPSA) is 12.0 Å². The Hall–Kier alpha value is 0.310. The predicted molar refractivity (Wildman–Crippen MR) is 71.8 cm³/mol. The SMILES string of the molecule is CCNC1CSCC1CC1CC2CCC1C2. The summed E-state index contributed by atoms with van der Waals surface area (Å²) >= 11 is 2.17. The largest absolute Gasteiger partial charge is 0.313 e. The van der Waals surface area contributed by atoms with Crippen LogP contribution in [-0.2, 0) is 0 Å². The Kier molecular flexibility index (Phi) is 3.49. The van der Waals surface area contributed by atoms with Crippen molar-refractivity contribution in [2.45, 2.75) is 45.1 Å². The van der Waals surface area contributed by atoms with Crippen LogP contribution >= 0.6 is 11.8 Å². The molecule has 3 fully saturated rings. The molecule has 3 rings (SSSR count). The maximum Gasteiger partial charge on any atom is 0.0194 e. The average Bonchev–Trinajstić information content (AvgIpc) is 2.96. The molecule has 1 heterocycles. The molecule has 92 valence electrons. The zero-order valence-corrected chi connectivity index (χ0v) is 11.3. The highest BCUT2D eigenvalue weighted by molar-refractivity contribution is 7.99. The molecule has 1 N–H and O–H groups in total. The Morgan fingerprint density at radius 3 is 2.75 bits per heavy atom. The van der Waals surface area contributed by atoms with Crippen molar-refractivity contribution in [3.8, 4) is 0 Å². The molecule has 1 nitrogen and oxygen atoms in total. The summed E-state index contributed by atoms with van der Waals surface area (Å²) in [5.74, 6) is 7.11. The molecule has 0 amide bonds. The van der Waals surface area contributed by atoms with E-state index < -0.39 is 0 Å². The quantitative estimate of drug-likeness (QED) is 0.809. The summed E-state index contributed by atoms with van der Waals surface area (Å²) in [5.41, 5.74) is 0. The monoisotopic (exact) mass is 239 g/mol. The van der Waals surface area contributed by atoms with E-state index in [1.54, 1.807) is 25.7 Å². The second kappa shape index (κ2) is 4.89. The maximum atomic E-state index is 3.69. The van der Waals surface area contributed by atoms with Gasteiger partial charge < -0.3 is 5.32 Å². The van der Waals surface area contributed by atoms with Crippen molar-refractivity contribution in [2.24, 2.45) is 23.7 Å². The van der Waals surface area contributed by atoms with Gasteiger partial charge in [-0.05, 0) is 61.7 Å². The minimum absolute atomic E-state index is 0.828. The molecule has 2 heteroatoms. The average molecular weight is 239 g/mol. The third kappa shape index (κ3) is 2.15. The van der Waals surface area contributed by atoms with Crippen LogP contribution in [-0.4, -0.2) is 24.1 Å². The minimum atomic E-state index is 0.828. The first kappa shape index (κ1) is 11.4. The van der Waals surface area contributed by atoms with Crippen LogP contribution < -0.4 is 5.32 Å². The van der Waals surface area contributed by atoms with Gasteiger partial charge in [-0.3, -0.25) is 0 Å². The van der Waals surface area contributed by atoms with E-state index in [-0.39, 0.29) is 0 Å². The molecule has 3 aliphatic rings. The maximum absolute atomic E-state index is 3.69. The smallest absolute Gasteiger partial charge is 0.0194 e. The summed E-state index contributed by atoms with van der Waals surface area (Å²) in [6, 6.07) is 0.828. The second-order valence-corrected chi connectivity index (χ2v) is 7.21. The highest BCUT2D eigenvalue weighted by Crippen LogP contribution is 2.51. The molecular weight excluding hydrogens is 214 g/mol. The van der Waals surface area contributed by atoms with Crippen LogP contribution in [0.25, 0.3) is 0 Å². The van der Waals surface area contributed by atoms with E-state index in [0.29, 0.717) is 0 Å². The van der Waals surface area contributed by atoms with Crippen molar-refractivity contribution in [2.75, 3.05) is 18.1 Å². The molecule has 0 aromatic heterocycles. The van der Waals surface area contributed by atoms with Crippen molar-refractivity contribution >= 4 is 11.8 Å². The highest BCUT2D eigenvalue weighted by Gasteiger charge is 2.41. The lowest BCUT2D eigenvalue weighted by Gasteiger charge is -2.27. The van der Waals surface area contributed by atoms with Gasteiger partial charge in [0.05, 0.1) is 0 Å². The second-order valence-electron chi connectivity index (χ2n) is 6.13. The van der Waals surface area contributed by atoms with Crippen molar-refractivity contribution in [1.82, 2.24) is 5.32 Å². The fraction of sp³-hybridized carbons (Fsp3) is 1.00.